The number of benzene rings is 10. The number of para-hydroxylation sites is 4. The van der Waals surface area contributed by atoms with Crippen molar-refractivity contribution in [1.82, 2.24) is 9.44 Å². The summed E-state index contributed by atoms with van der Waals surface area (Å²) in [4.78, 5) is 6.49. The van der Waals surface area contributed by atoms with Crippen LogP contribution in [0.1, 0.15) is 164 Å². The average Bonchev–Trinajstić information content (AvgIpc) is 0.748. The fourth-order valence-corrected chi connectivity index (χ4v) is 15.6. The van der Waals surface area contributed by atoms with E-state index < -0.39 is 41.5 Å². The number of hydrogen-bond donors (Lipinski definition) is 6. The molecule has 5 aliphatic rings. The second kappa shape index (κ2) is 44.7. The SMILES string of the molecule is C.C.C.C.C.C.C.CC.CC.CC.CS(=O)(=O)NC1CCC(NS(=O)[O-])CC1.Cc1cccc(C)c1Nc1ccc2c(-c3ccccc3S(=O)(=O)[O-])c3ccc(=[NH+]c4c(C)cccc4C)cc-3oc2c1.Cc1cccc(C)c1Nc1ccc2c(-c3ccccc3S(=O)(=O)[O-])c3ccc(=[NH+]c4c(C)cccc4C)cc-3oc2c1. The lowest BCUT2D eigenvalue weighted by Gasteiger charge is -2.29. The van der Waals surface area contributed by atoms with E-state index in [1.165, 1.54) is 12.1 Å². The van der Waals surface area contributed by atoms with E-state index in [0.29, 0.717) is 92.5 Å². The van der Waals surface area contributed by atoms with Crippen LogP contribution in [0, 0.1) is 55.4 Å². The smallest absolute Gasteiger partial charge is 0.209 e. The van der Waals surface area contributed by atoms with E-state index in [1.54, 1.807) is 36.4 Å². The van der Waals surface area contributed by atoms with Crippen LogP contribution >= 0.6 is 0 Å². The second-order valence-electron chi connectivity index (χ2n) is 25.1. The first-order valence-electron chi connectivity index (χ1n) is 35.0. The van der Waals surface area contributed by atoms with Gasteiger partial charge in [-0.3, -0.25) is 4.21 Å². The molecule has 0 saturated heterocycles. The fraction of sp³-hybridized carbons (Fsp3) is 0.311. The third kappa shape index (κ3) is 25.0. The van der Waals surface area contributed by atoms with E-state index in [1.807, 2.05) is 139 Å². The molecule has 8 aromatic rings. The van der Waals surface area contributed by atoms with Crippen LogP contribution in [0.2, 0.25) is 0 Å². The summed E-state index contributed by atoms with van der Waals surface area (Å²) in [6, 6.07) is 60.0. The molecule has 2 heterocycles. The van der Waals surface area contributed by atoms with Crippen molar-refractivity contribution in [2.24, 2.45) is 0 Å². The number of anilines is 4. The highest BCUT2D eigenvalue weighted by molar-refractivity contribution is 7.88. The standard InChI is InChI=1S/2C35H30N2O4S.C7H16N2O4S2.3C2H6.7CH4/c2*1-21-9-7-10-22(2)34(21)36-25-15-17-27-30(19-25)41-31-20-26(37-35-23(3)11-8-12-24(35)4)16-18-28(31)33(27)29-13-5-6-14-32(29)42(38,39)40;1-15(12,13)9-7-4-2-6(3-5-7)8-14(10)11;3*1-2;;;;;;;/h2*5-20,36H,1-4H3,(H,38,39,40);6-9H,2-5H2,1H3,(H,10,11);3*1-2H3;7*1H4/p-1. The van der Waals surface area contributed by atoms with Crippen LogP contribution in [0.25, 0.3) is 66.8 Å². The quantitative estimate of drug-likeness (QED) is 0.0335. The molecule has 0 radical (unpaired) electrons. The zero-order valence-corrected chi connectivity index (χ0v) is 65.3. The summed E-state index contributed by atoms with van der Waals surface area (Å²) in [7, 11) is -12.6. The number of sulfonamides is 1. The Morgan fingerprint density at radius 2 is 0.705 bits per heavy atom. The van der Waals surface area contributed by atoms with Gasteiger partial charge in [0.2, 0.25) is 32.1 Å². The minimum absolute atomic E-state index is 0. The maximum absolute atomic E-state index is 12.3. The maximum atomic E-state index is 12.3. The lowest BCUT2D eigenvalue weighted by molar-refractivity contribution is -0.404. The highest BCUT2D eigenvalue weighted by atomic mass is 32.2. The Bertz CT molecular complexity index is 5170. The van der Waals surface area contributed by atoms with E-state index >= 15 is 0 Å². The van der Waals surface area contributed by atoms with Crippen LogP contribution in [0.4, 0.5) is 34.1 Å². The number of aryl methyl sites for hydroxylation is 8. The summed E-state index contributed by atoms with van der Waals surface area (Å²) in [6.07, 6.45) is 3.80. The zero-order valence-electron chi connectivity index (χ0n) is 62.0. The van der Waals surface area contributed by atoms with Crippen LogP contribution in [0.15, 0.2) is 213 Å². The van der Waals surface area contributed by atoms with Gasteiger partial charge in [0.15, 0.2) is 0 Å². The predicted molar refractivity (Wildman–Crippen MR) is 467 cm³/mol. The Hall–Kier alpha value is -9.46. The van der Waals surface area contributed by atoms with E-state index in [2.05, 4.69) is 134 Å². The van der Waals surface area contributed by atoms with Crippen LogP contribution in [-0.2, 0) is 41.5 Å². The van der Waals surface area contributed by atoms with Crippen LogP contribution in [-0.4, -0.2) is 61.5 Å². The van der Waals surface area contributed by atoms with Crippen LogP contribution < -0.4 is 40.8 Å². The van der Waals surface area contributed by atoms with Gasteiger partial charge in [-0.1, -0.05) is 203 Å². The van der Waals surface area contributed by atoms with Crippen molar-refractivity contribution in [3.63, 3.8) is 0 Å². The summed E-state index contributed by atoms with van der Waals surface area (Å²) in [5, 5.41) is 10.1. The van der Waals surface area contributed by atoms with Gasteiger partial charge in [0, 0.05) is 137 Å². The Kier molecular flexibility index (Phi) is 40.1. The Morgan fingerprint density at radius 1 is 0.393 bits per heavy atom. The van der Waals surface area contributed by atoms with Crippen molar-refractivity contribution < 1.29 is 61.9 Å². The lowest BCUT2D eigenvalue weighted by atomic mass is 9.92. The van der Waals surface area contributed by atoms with Gasteiger partial charge < -0.3 is 33.1 Å². The van der Waals surface area contributed by atoms with Gasteiger partial charge in [0.05, 0.1) is 28.2 Å². The van der Waals surface area contributed by atoms with Crippen LogP contribution in [0.5, 0.6) is 0 Å². The van der Waals surface area contributed by atoms with Crippen molar-refractivity contribution >= 4 is 97.6 Å². The molecule has 22 heteroatoms. The first-order chi connectivity index (χ1) is 50.1. The third-order valence-corrected chi connectivity index (χ3v) is 20.7. The first kappa shape index (κ1) is 101. The molecule has 18 nitrogen and oxygen atoms in total. The minimum Gasteiger partial charge on any atom is -0.760 e. The molecule has 1 fully saturated rings. The highest BCUT2D eigenvalue weighted by Gasteiger charge is 2.26. The Morgan fingerprint density at radius 3 is 1.02 bits per heavy atom. The van der Waals surface area contributed by atoms with Crippen molar-refractivity contribution in [2.75, 3.05) is 16.9 Å². The molecule has 13 rings (SSSR count). The van der Waals surface area contributed by atoms with Gasteiger partial charge in [-0.2, -0.15) is 0 Å². The molecule has 2 aliphatic heterocycles. The third-order valence-electron chi connectivity index (χ3n) is 17.7. The molecule has 1 saturated carbocycles. The summed E-state index contributed by atoms with van der Waals surface area (Å²) < 4.78 is 135. The summed E-state index contributed by atoms with van der Waals surface area (Å²) in [5.74, 6) is 1.10. The predicted octanol–water partition coefficient (Wildman–Crippen LogP) is 19.6. The minimum atomic E-state index is -4.74. The molecule has 8 aromatic carbocycles. The average molecular weight is 1610 g/mol. The molecule has 1 atom stereocenters. The van der Waals surface area contributed by atoms with E-state index in [9.17, 15) is 43.1 Å². The fourth-order valence-electron chi connectivity index (χ4n) is 12.8. The molecular formula is C90H121N6O12S4-. The van der Waals surface area contributed by atoms with Crippen LogP contribution in [0.3, 0.4) is 0 Å². The molecule has 608 valence electrons. The Balaban J connectivity index is 0.000000854. The van der Waals surface area contributed by atoms with Gasteiger partial charge in [-0.15, -0.1) is 0 Å². The zero-order chi connectivity index (χ0) is 76.7. The number of fused-ring (bicyclic) bond motifs is 4. The van der Waals surface area contributed by atoms with Crippen molar-refractivity contribution in [2.45, 2.75) is 196 Å². The molecule has 0 bridgehead atoms. The number of hydrogen-bond acceptors (Lipinski definition) is 14. The second-order valence-corrected chi connectivity index (χ2v) is 30.2. The monoisotopic (exact) mass is 1610 g/mol. The molecule has 1 unspecified atom stereocenters. The number of nitrogens with one attached hydrogen (secondary N) is 6. The molecule has 0 aromatic heterocycles. The number of rotatable bonds is 14. The van der Waals surface area contributed by atoms with Gasteiger partial charge in [-0.05, 0) is 152 Å². The molecule has 112 heavy (non-hydrogen) atoms. The lowest BCUT2D eigenvalue weighted by Crippen LogP contribution is -2.71. The summed E-state index contributed by atoms with van der Waals surface area (Å²) >= 11 is -2.23. The highest BCUT2D eigenvalue weighted by Crippen LogP contribution is 2.45. The van der Waals surface area contributed by atoms with Crippen molar-refractivity contribution in [3.05, 3.63) is 249 Å². The van der Waals surface area contributed by atoms with E-state index in [-0.39, 0.29) is 73.9 Å². The molecule has 0 spiro atoms. The molecular weight excluding hydrogens is 1490 g/mol. The Labute approximate surface area is 672 Å². The topological polar surface area (TPSA) is 291 Å². The summed E-state index contributed by atoms with van der Waals surface area (Å²) in [6.45, 7) is 28.4. The summed E-state index contributed by atoms with van der Waals surface area (Å²) in [5.41, 5.74) is 19.0. The van der Waals surface area contributed by atoms with Crippen molar-refractivity contribution in [1.29, 1.82) is 0 Å². The van der Waals surface area contributed by atoms with E-state index in [0.717, 1.165) is 95.6 Å². The van der Waals surface area contributed by atoms with Gasteiger partial charge >= 0.3 is 0 Å². The van der Waals surface area contributed by atoms with E-state index in [4.69, 9.17) is 8.83 Å². The maximum Gasteiger partial charge on any atom is 0.209 e. The molecule has 0 amide bonds. The van der Waals surface area contributed by atoms with Crippen molar-refractivity contribution in [3.8, 4) is 44.9 Å². The largest absolute Gasteiger partial charge is 0.760 e. The van der Waals surface area contributed by atoms with Gasteiger partial charge in [0.1, 0.15) is 42.9 Å². The first-order valence-corrected chi connectivity index (χ1v) is 40.8. The van der Waals surface area contributed by atoms with Gasteiger partial charge in [-0.25, -0.2) is 44.7 Å². The normalized spacial score (nSPS) is 13.4. The molecule has 6 N–H and O–H groups in total. The van der Waals surface area contributed by atoms with Gasteiger partial charge in [0.25, 0.3) is 0 Å². The molecule has 3 aliphatic carbocycles.